The highest BCUT2D eigenvalue weighted by atomic mass is 16.5. The van der Waals surface area contributed by atoms with Gasteiger partial charge in [-0.15, -0.1) is 0 Å². The molecule has 0 aromatic rings. The van der Waals surface area contributed by atoms with E-state index in [1.807, 2.05) is 41.5 Å². The number of amides is 2. The van der Waals surface area contributed by atoms with Crippen LogP contribution in [0.25, 0.3) is 0 Å². The lowest BCUT2D eigenvalue weighted by Gasteiger charge is -2.42. The monoisotopic (exact) mass is 459 g/mol. The molecule has 1 fully saturated rings. The fourth-order valence-corrected chi connectivity index (χ4v) is 3.57. The van der Waals surface area contributed by atoms with E-state index in [0.717, 1.165) is 13.1 Å². The van der Waals surface area contributed by atoms with Crippen LogP contribution in [0.15, 0.2) is 0 Å². The van der Waals surface area contributed by atoms with Crippen molar-refractivity contribution < 1.29 is 33.0 Å². The van der Waals surface area contributed by atoms with E-state index in [0.29, 0.717) is 78.8 Å². The zero-order valence-corrected chi connectivity index (χ0v) is 21.3. The molecule has 0 bridgehead atoms. The molecule has 8 nitrogen and oxygen atoms in total. The molecule has 0 radical (unpaired) electrons. The molecular formula is C24H47N2O6+. The Kier molecular flexibility index (Phi) is 13.1. The van der Waals surface area contributed by atoms with Crippen LogP contribution in [0, 0.1) is 10.8 Å². The van der Waals surface area contributed by atoms with Gasteiger partial charge >= 0.3 is 11.8 Å². The molecule has 0 unspecified atom stereocenters. The van der Waals surface area contributed by atoms with Crippen LogP contribution in [0.1, 0.15) is 54.4 Å². The topological polar surface area (TPSA) is 83.1 Å². The smallest absolute Gasteiger partial charge is 0.326 e. The van der Waals surface area contributed by atoms with Crippen LogP contribution in [0.4, 0.5) is 0 Å². The summed E-state index contributed by atoms with van der Waals surface area (Å²) in [4.78, 5) is 27.8. The Morgan fingerprint density at radius 1 is 0.656 bits per heavy atom. The summed E-state index contributed by atoms with van der Waals surface area (Å²) in [5, 5.41) is 3.26. The molecule has 0 atom stereocenters. The van der Waals surface area contributed by atoms with Gasteiger partial charge in [-0.2, -0.15) is 4.48 Å². The molecule has 1 N–H and O–H groups in total. The van der Waals surface area contributed by atoms with Gasteiger partial charge in [0.2, 0.25) is 0 Å². The van der Waals surface area contributed by atoms with Crippen molar-refractivity contribution in [1.82, 2.24) is 5.32 Å². The van der Waals surface area contributed by atoms with Crippen LogP contribution in [0.2, 0.25) is 0 Å². The Hall–Kier alpha value is -0.900. The van der Waals surface area contributed by atoms with E-state index >= 15 is 0 Å². The molecule has 1 aliphatic heterocycles. The van der Waals surface area contributed by atoms with Gasteiger partial charge in [-0.1, -0.05) is 13.8 Å². The zero-order chi connectivity index (χ0) is 24.1. The molecule has 0 spiro atoms. The molecule has 0 aromatic carbocycles. The number of nitrogens with zero attached hydrogens (tertiary/aromatic N) is 1. The summed E-state index contributed by atoms with van der Waals surface area (Å²) in [5.41, 5.74) is -1.26. The van der Waals surface area contributed by atoms with E-state index in [9.17, 15) is 9.59 Å². The number of hydrogen-bond donors (Lipinski definition) is 1. The Labute approximate surface area is 194 Å². The third-order valence-electron chi connectivity index (χ3n) is 6.53. The maximum atomic E-state index is 13.9. The predicted molar refractivity (Wildman–Crippen MR) is 124 cm³/mol. The number of quaternary nitrogens is 1. The minimum atomic E-state index is -0.629. The molecule has 1 saturated heterocycles. The van der Waals surface area contributed by atoms with E-state index in [1.54, 1.807) is 0 Å². The Morgan fingerprint density at radius 3 is 1.34 bits per heavy atom. The average molecular weight is 460 g/mol. The van der Waals surface area contributed by atoms with Crippen molar-refractivity contribution in [1.29, 1.82) is 0 Å². The maximum absolute atomic E-state index is 13.9. The fraction of sp³-hybridized carbons (Fsp3) is 0.917. The van der Waals surface area contributed by atoms with Crippen molar-refractivity contribution in [2.45, 2.75) is 54.4 Å². The molecule has 1 aliphatic rings. The third kappa shape index (κ3) is 8.80. The SMILES string of the molecule is CCC(C)(C)C(=O)[N+]1(C(=O)C(C)(C)CC)CCOCCOCCNCCOCCOCC1. The highest BCUT2D eigenvalue weighted by Crippen LogP contribution is 2.34. The normalized spacial score (nSPS) is 21.3. The quantitative estimate of drug-likeness (QED) is 0.647. The van der Waals surface area contributed by atoms with E-state index in [4.69, 9.17) is 18.9 Å². The lowest BCUT2D eigenvalue weighted by atomic mass is 9.83. The van der Waals surface area contributed by atoms with Gasteiger partial charge in [0.25, 0.3) is 0 Å². The molecule has 2 amide bonds. The third-order valence-corrected chi connectivity index (χ3v) is 6.53. The van der Waals surface area contributed by atoms with Crippen LogP contribution in [0.3, 0.4) is 0 Å². The van der Waals surface area contributed by atoms with Crippen molar-refractivity contribution in [3.8, 4) is 0 Å². The van der Waals surface area contributed by atoms with Crippen LogP contribution in [0.5, 0.6) is 0 Å². The van der Waals surface area contributed by atoms with Gasteiger partial charge in [-0.05, 0) is 40.5 Å². The second kappa shape index (κ2) is 14.4. The summed E-state index contributed by atoms with van der Waals surface area (Å²) < 4.78 is 22.5. The molecular weight excluding hydrogens is 412 g/mol. The minimum Gasteiger partial charge on any atom is -0.378 e. The summed E-state index contributed by atoms with van der Waals surface area (Å²) in [6.07, 6.45) is 1.31. The minimum absolute atomic E-state index is 0.0632. The Bertz CT molecular complexity index is 517. The number of imide groups is 1. The van der Waals surface area contributed by atoms with Gasteiger partial charge in [-0.25, -0.2) is 9.59 Å². The van der Waals surface area contributed by atoms with Crippen LogP contribution < -0.4 is 5.32 Å². The first kappa shape index (κ1) is 29.1. The zero-order valence-electron chi connectivity index (χ0n) is 21.3. The second-order valence-corrected chi connectivity index (χ2v) is 9.70. The highest BCUT2D eigenvalue weighted by molar-refractivity contribution is 5.90. The van der Waals surface area contributed by atoms with E-state index < -0.39 is 10.8 Å². The largest absolute Gasteiger partial charge is 0.378 e. The van der Waals surface area contributed by atoms with E-state index in [-0.39, 0.29) is 16.3 Å². The lowest BCUT2D eigenvalue weighted by molar-refractivity contribution is -0.788. The van der Waals surface area contributed by atoms with Crippen molar-refractivity contribution in [2.24, 2.45) is 10.8 Å². The van der Waals surface area contributed by atoms with Gasteiger partial charge in [0.05, 0.1) is 63.7 Å². The highest BCUT2D eigenvalue weighted by Gasteiger charge is 2.54. The van der Waals surface area contributed by atoms with E-state index in [2.05, 4.69) is 5.32 Å². The number of carbonyl (C=O) groups is 2. The van der Waals surface area contributed by atoms with Crippen molar-refractivity contribution >= 4 is 11.8 Å². The molecule has 32 heavy (non-hydrogen) atoms. The van der Waals surface area contributed by atoms with Gasteiger partial charge in [0.15, 0.2) is 0 Å². The van der Waals surface area contributed by atoms with Crippen molar-refractivity contribution in [3.05, 3.63) is 0 Å². The second-order valence-electron chi connectivity index (χ2n) is 9.70. The summed E-state index contributed by atoms with van der Waals surface area (Å²) in [5.74, 6) is -0.126. The number of rotatable bonds is 4. The van der Waals surface area contributed by atoms with Crippen molar-refractivity contribution in [2.75, 3.05) is 79.0 Å². The molecule has 0 saturated carbocycles. The molecule has 188 valence electrons. The molecule has 8 heteroatoms. The van der Waals surface area contributed by atoms with E-state index in [1.165, 1.54) is 0 Å². The van der Waals surface area contributed by atoms with Crippen LogP contribution >= 0.6 is 0 Å². The van der Waals surface area contributed by atoms with Gasteiger partial charge < -0.3 is 24.3 Å². The summed E-state index contributed by atoms with van der Waals surface area (Å²) in [7, 11) is 0. The van der Waals surface area contributed by atoms with Gasteiger partial charge in [0.1, 0.15) is 13.1 Å². The Morgan fingerprint density at radius 2 is 1.00 bits per heavy atom. The summed E-state index contributed by atoms with van der Waals surface area (Å²) in [6.45, 7) is 17.4. The van der Waals surface area contributed by atoms with Gasteiger partial charge in [-0.3, -0.25) is 0 Å². The Balaban J connectivity index is 3.11. The number of ether oxygens (including phenoxy) is 4. The first-order chi connectivity index (χ1) is 15.1. The fourth-order valence-electron chi connectivity index (χ4n) is 3.57. The van der Waals surface area contributed by atoms with Gasteiger partial charge in [0, 0.05) is 13.1 Å². The number of carbonyl (C=O) groups excluding carboxylic acids is 2. The average Bonchev–Trinajstić information content (AvgIpc) is 2.78. The summed E-state index contributed by atoms with van der Waals surface area (Å²) in [6, 6.07) is 0. The molecule has 0 aliphatic carbocycles. The maximum Gasteiger partial charge on any atom is 0.326 e. The molecule has 0 aromatic heterocycles. The number of nitrogens with one attached hydrogen (secondary N) is 1. The molecule has 1 rings (SSSR count). The van der Waals surface area contributed by atoms with Crippen molar-refractivity contribution in [3.63, 3.8) is 0 Å². The first-order valence-electron chi connectivity index (χ1n) is 12.1. The molecule has 1 heterocycles. The summed E-state index contributed by atoms with van der Waals surface area (Å²) >= 11 is 0. The first-order valence-corrected chi connectivity index (χ1v) is 12.1. The standard InChI is InChI=1S/C24H47N2O6/c1-7-23(3,4)21(27)26(22(28)24(5,6)8-2)11-15-31-19-17-29-13-9-25-10-14-30-18-20-32-16-12-26/h25H,7-20H2,1-6H3/q+1. The number of hydrogen-bond acceptors (Lipinski definition) is 7. The predicted octanol–water partition coefficient (Wildman–Crippen LogP) is 2.40. The van der Waals surface area contributed by atoms with Crippen LogP contribution in [-0.2, 0) is 28.5 Å². The lowest BCUT2D eigenvalue weighted by Crippen LogP contribution is -2.66. The van der Waals surface area contributed by atoms with Crippen LogP contribution in [-0.4, -0.2) is 95.3 Å².